The van der Waals surface area contributed by atoms with Crippen LogP contribution in [0.1, 0.15) is 32.3 Å². The lowest BCUT2D eigenvalue weighted by Gasteiger charge is -2.29. The number of thiol groups is 1. The molecule has 0 amide bonds. The van der Waals surface area contributed by atoms with E-state index in [0.717, 1.165) is 18.4 Å². The maximum Gasteiger partial charge on any atom is 0.310 e. The molecule has 0 radical (unpaired) electrons. The Morgan fingerprint density at radius 1 is 1.37 bits per heavy atom. The van der Waals surface area contributed by atoms with Crippen molar-refractivity contribution in [1.82, 2.24) is 0 Å². The molecule has 0 aromatic heterocycles. The van der Waals surface area contributed by atoms with Crippen LogP contribution in [0, 0.1) is 22.5 Å². The summed E-state index contributed by atoms with van der Waals surface area (Å²) < 4.78 is 5.73. The zero-order chi connectivity index (χ0) is 14.5. The smallest absolute Gasteiger partial charge is 0.310 e. The van der Waals surface area contributed by atoms with Crippen molar-refractivity contribution in [2.75, 3.05) is 12.4 Å². The predicted molar refractivity (Wildman–Crippen MR) is 80.2 cm³/mol. The summed E-state index contributed by atoms with van der Waals surface area (Å²) in [5, 5.41) is 11.0. The Morgan fingerprint density at radius 3 is 2.47 bits per heavy atom. The number of nitro benzene ring substituents is 1. The summed E-state index contributed by atoms with van der Waals surface area (Å²) in [5.41, 5.74) is 0.941. The van der Waals surface area contributed by atoms with Crippen molar-refractivity contribution in [1.29, 1.82) is 0 Å². The monoisotopic (exact) mass is 283 g/mol. The maximum absolute atomic E-state index is 11.0. The first-order valence-corrected chi connectivity index (χ1v) is 7.10. The van der Waals surface area contributed by atoms with Crippen molar-refractivity contribution < 1.29 is 9.66 Å². The van der Waals surface area contributed by atoms with Crippen LogP contribution in [-0.2, 0) is 0 Å². The fraction of sp³-hybridized carbons (Fsp3) is 0.571. The van der Waals surface area contributed by atoms with Gasteiger partial charge in [0.25, 0.3) is 0 Å². The first-order chi connectivity index (χ1) is 8.98. The van der Waals surface area contributed by atoms with E-state index >= 15 is 0 Å². The van der Waals surface area contributed by atoms with Gasteiger partial charge in [-0.05, 0) is 37.1 Å². The standard InChI is InChI=1S/C14H21NO3S/c1-4-14(5-2,10-19)9-18-13-8-11(3)6-7-12(13)15(16)17/h6-8,19H,4-5,9-10H2,1-3H3. The van der Waals surface area contributed by atoms with Crippen molar-refractivity contribution in [3.63, 3.8) is 0 Å². The summed E-state index contributed by atoms with van der Waals surface area (Å²) >= 11 is 4.38. The summed E-state index contributed by atoms with van der Waals surface area (Å²) in [6.45, 7) is 6.53. The van der Waals surface area contributed by atoms with E-state index in [2.05, 4.69) is 26.5 Å². The molecule has 1 aromatic rings. The lowest BCUT2D eigenvalue weighted by molar-refractivity contribution is -0.386. The third-order valence-electron chi connectivity index (χ3n) is 3.68. The second-order valence-electron chi connectivity index (χ2n) is 4.88. The number of nitro groups is 1. The van der Waals surface area contributed by atoms with Crippen LogP contribution in [-0.4, -0.2) is 17.3 Å². The van der Waals surface area contributed by atoms with Gasteiger partial charge in [-0.25, -0.2) is 0 Å². The molecule has 0 saturated heterocycles. The van der Waals surface area contributed by atoms with Crippen LogP contribution in [0.2, 0.25) is 0 Å². The van der Waals surface area contributed by atoms with Gasteiger partial charge in [0.05, 0.1) is 11.5 Å². The van der Waals surface area contributed by atoms with Crippen molar-refractivity contribution in [3.8, 4) is 5.75 Å². The first-order valence-electron chi connectivity index (χ1n) is 6.46. The summed E-state index contributed by atoms with van der Waals surface area (Å²) in [6.07, 6.45) is 1.87. The summed E-state index contributed by atoms with van der Waals surface area (Å²) in [4.78, 5) is 10.6. The Bertz CT molecular complexity index is 436. The minimum atomic E-state index is -0.408. The molecule has 19 heavy (non-hydrogen) atoms. The zero-order valence-electron chi connectivity index (χ0n) is 11.7. The number of nitrogens with zero attached hydrogens (tertiary/aromatic N) is 1. The van der Waals surface area contributed by atoms with E-state index in [1.54, 1.807) is 12.1 Å². The quantitative estimate of drug-likeness (QED) is 0.467. The van der Waals surface area contributed by atoms with E-state index in [1.165, 1.54) is 6.07 Å². The van der Waals surface area contributed by atoms with Crippen LogP contribution < -0.4 is 4.74 Å². The second kappa shape index (κ2) is 6.80. The second-order valence-corrected chi connectivity index (χ2v) is 5.20. The van der Waals surface area contributed by atoms with Gasteiger partial charge < -0.3 is 4.74 Å². The highest BCUT2D eigenvalue weighted by Crippen LogP contribution is 2.32. The maximum atomic E-state index is 11.0. The molecule has 106 valence electrons. The molecule has 5 heteroatoms. The molecule has 0 spiro atoms. The van der Waals surface area contributed by atoms with Crippen LogP contribution in [0.4, 0.5) is 5.69 Å². The van der Waals surface area contributed by atoms with E-state index in [9.17, 15) is 10.1 Å². The van der Waals surface area contributed by atoms with E-state index in [4.69, 9.17) is 4.74 Å². The van der Waals surface area contributed by atoms with Gasteiger partial charge in [0.15, 0.2) is 5.75 Å². The van der Waals surface area contributed by atoms with Gasteiger partial charge in [0.2, 0.25) is 0 Å². The van der Waals surface area contributed by atoms with Crippen LogP contribution in [0.3, 0.4) is 0 Å². The average Bonchev–Trinajstić information content (AvgIpc) is 2.40. The van der Waals surface area contributed by atoms with Gasteiger partial charge in [0.1, 0.15) is 0 Å². The minimum Gasteiger partial charge on any atom is -0.486 e. The molecule has 0 atom stereocenters. The number of hydrogen-bond donors (Lipinski definition) is 1. The molecule has 0 aliphatic heterocycles. The molecule has 1 aromatic carbocycles. The summed E-state index contributed by atoms with van der Waals surface area (Å²) in [7, 11) is 0. The SMILES string of the molecule is CCC(CC)(CS)COc1cc(C)ccc1[N+](=O)[O-]. The van der Waals surface area contributed by atoms with Crippen LogP contribution in [0.5, 0.6) is 5.75 Å². The normalized spacial score (nSPS) is 11.4. The summed E-state index contributed by atoms with van der Waals surface area (Å²) in [6, 6.07) is 4.92. The van der Waals surface area contributed by atoms with Gasteiger partial charge in [-0.3, -0.25) is 10.1 Å². The predicted octanol–water partition coefficient (Wildman–Crippen LogP) is 4.02. The zero-order valence-corrected chi connectivity index (χ0v) is 12.6. The van der Waals surface area contributed by atoms with Crippen LogP contribution in [0.15, 0.2) is 18.2 Å². The largest absolute Gasteiger partial charge is 0.486 e. The van der Waals surface area contributed by atoms with Crippen molar-refractivity contribution in [2.24, 2.45) is 5.41 Å². The molecule has 0 unspecified atom stereocenters. The number of aryl methyl sites for hydroxylation is 1. The van der Waals surface area contributed by atoms with Crippen molar-refractivity contribution >= 4 is 18.3 Å². The van der Waals surface area contributed by atoms with Crippen LogP contribution in [0.25, 0.3) is 0 Å². The fourth-order valence-electron chi connectivity index (χ4n) is 1.84. The number of ether oxygens (including phenoxy) is 1. The Kier molecular flexibility index (Phi) is 5.66. The number of benzene rings is 1. The number of hydrogen-bond acceptors (Lipinski definition) is 4. The van der Waals surface area contributed by atoms with Gasteiger partial charge in [0, 0.05) is 11.5 Å². The molecule has 0 saturated carbocycles. The Labute approximate surface area is 119 Å². The third-order valence-corrected chi connectivity index (χ3v) is 4.35. The lowest BCUT2D eigenvalue weighted by Crippen LogP contribution is -2.29. The van der Waals surface area contributed by atoms with Gasteiger partial charge in [-0.15, -0.1) is 0 Å². The molecule has 0 aliphatic carbocycles. The average molecular weight is 283 g/mol. The highest BCUT2D eigenvalue weighted by molar-refractivity contribution is 7.80. The highest BCUT2D eigenvalue weighted by atomic mass is 32.1. The Morgan fingerprint density at radius 2 is 2.00 bits per heavy atom. The van der Waals surface area contributed by atoms with E-state index in [0.29, 0.717) is 18.1 Å². The number of rotatable bonds is 7. The van der Waals surface area contributed by atoms with Crippen molar-refractivity contribution in [3.05, 3.63) is 33.9 Å². The summed E-state index contributed by atoms with van der Waals surface area (Å²) in [5.74, 6) is 1.05. The molecular formula is C14H21NO3S. The molecule has 0 N–H and O–H groups in total. The highest BCUT2D eigenvalue weighted by Gasteiger charge is 2.27. The molecule has 0 fully saturated rings. The molecule has 0 aliphatic rings. The van der Waals surface area contributed by atoms with E-state index in [-0.39, 0.29) is 11.1 Å². The molecule has 0 bridgehead atoms. The Balaban J connectivity index is 2.93. The van der Waals surface area contributed by atoms with E-state index < -0.39 is 4.92 Å². The molecule has 0 heterocycles. The van der Waals surface area contributed by atoms with Crippen molar-refractivity contribution in [2.45, 2.75) is 33.6 Å². The van der Waals surface area contributed by atoms with Gasteiger partial charge >= 0.3 is 5.69 Å². The lowest BCUT2D eigenvalue weighted by atomic mass is 9.85. The minimum absolute atomic E-state index is 0.0193. The third kappa shape index (κ3) is 3.86. The first kappa shape index (κ1) is 15.8. The topological polar surface area (TPSA) is 52.4 Å². The van der Waals surface area contributed by atoms with Gasteiger partial charge in [-0.1, -0.05) is 19.9 Å². The van der Waals surface area contributed by atoms with Gasteiger partial charge in [-0.2, -0.15) is 12.6 Å². The fourth-order valence-corrected chi connectivity index (χ4v) is 2.38. The molecule has 4 nitrogen and oxygen atoms in total. The Hall–Kier alpha value is -1.23. The van der Waals surface area contributed by atoms with Crippen LogP contribution >= 0.6 is 12.6 Å². The molecule has 1 rings (SSSR count). The molecular weight excluding hydrogens is 262 g/mol. The van der Waals surface area contributed by atoms with E-state index in [1.807, 2.05) is 6.92 Å².